The van der Waals surface area contributed by atoms with Crippen LogP contribution in [0.5, 0.6) is 5.75 Å². The number of carbonyl (C=O) groups excluding carboxylic acids is 2. The highest BCUT2D eigenvalue weighted by Gasteiger charge is 2.22. The van der Waals surface area contributed by atoms with Crippen molar-refractivity contribution < 1.29 is 14.3 Å². The van der Waals surface area contributed by atoms with Gasteiger partial charge in [0.25, 0.3) is 5.91 Å². The highest BCUT2D eigenvalue weighted by atomic mass is 16.5. The molecule has 0 aromatic heterocycles. The zero-order valence-corrected chi connectivity index (χ0v) is 15.7. The highest BCUT2D eigenvalue weighted by molar-refractivity contribution is 5.98. The van der Waals surface area contributed by atoms with E-state index in [1.165, 1.54) is 0 Å². The molecule has 1 aromatic rings. The van der Waals surface area contributed by atoms with Gasteiger partial charge in [0, 0.05) is 24.7 Å². The molecule has 0 spiro atoms. The molecule has 1 aromatic carbocycles. The standard InChI is InChI=1S/C20H29N3O3/c1-14-5-8-16(9-6-14)21-20(25)22-17-13-15(7-10-18(17)26-2)19(24)23-11-3-4-12-23/h7,10,13-14,16H,3-6,8-9,11-12H2,1-2H3,(H2,21,22,25). The number of amides is 3. The third-order valence-electron chi connectivity index (χ3n) is 5.44. The molecule has 2 fully saturated rings. The molecule has 2 N–H and O–H groups in total. The number of methoxy groups -OCH3 is 1. The van der Waals surface area contributed by atoms with Gasteiger partial charge >= 0.3 is 6.03 Å². The molecule has 1 aliphatic heterocycles. The van der Waals surface area contributed by atoms with E-state index in [0.29, 0.717) is 17.0 Å². The van der Waals surface area contributed by atoms with Crippen molar-refractivity contribution in [2.75, 3.05) is 25.5 Å². The number of hydrogen-bond acceptors (Lipinski definition) is 3. The fourth-order valence-corrected chi connectivity index (χ4v) is 3.79. The topological polar surface area (TPSA) is 70.7 Å². The fourth-order valence-electron chi connectivity index (χ4n) is 3.79. The Bertz CT molecular complexity index is 648. The van der Waals surface area contributed by atoms with Crippen molar-refractivity contribution >= 4 is 17.6 Å². The molecule has 0 unspecified atom stereocenters. The summed E-state index contributed by atoms with van der Waals surface area (Å²) < 4.78 is 5.34. The van der Waals surface area contributed by atoms with E-state index in [4.69, 9.17) is 4.74 Å². The summed E-state index contributed by atoms with van der Waals surface area (Å²) in [5, 5.41) is 5.90. The van der Waals surface area contributed by atoms with E-state index in [9.17, 15) is 9.59 Å². The van der Waals surface area contributed by atoms with Crippen molar-refractivity contribution in [3.8, 4) is 5.75 Å². The number of carbonyl (C=O) groups is 2. The lowest BCUT2D eigenvalue weighted by Crippen LogP contribution is -2.40. The van der Waals surface area contributed by atoms with E-state index in [-0.39, 0.29) is 18.0 Å². The molecule has 2 aliphatic rings. The molecule has 6 heteroatoms. The predicted molar refractivity (Wildman–Crippen MR) is 102 cm³/mol. The van der Waals surface area contributed by atoms with E-state index in [0.717, 1.165) is 57.5 Å². The van der Waals surface area contributed by atoms with E-state index in [1.807, 2.05) is 4.90 Å². The Morgan fingerprint density at radius 1 is 1.12 bits per heavy atom. The molecule has 3 rings (SSSR count). The first kappa shape index (κ1) is 18.5. The lowest BCUT2D eigenvalue weighted by Gasteiger charge is -2.27. The van der Waals surface area contributed by atoms with Crippen molar-refractivity contribution in [2.45, 2.75) is 51.5 Å². The Balaban J connectivity index is 1.66. The molecule has 1 heterocycles. The van der Waals surface area contributed by atoms with Crippen LogP contribution in [0.1, 0.15) is 55.8 Å². The average Bonchev–Trinajstić information content (AvgIpc) is 3.17. The third-order valence-corrected chi connectivity index (χ3v) is 5.44. The Kier molecular flexibility index (Phi) is 6.01. The van der Waals surface area contributed by atoms with Crippen molar-refractivity contribution in [3.63, 3.8) is 0 Å². The molecule has 0 radical (unpaired) electrons. The summed E-state index contributed by atoms with van der Waals surface area (Å²) in [6, 6.07) is 5.18. The smallest absolute Gasteiger partial charge is 0.319 e. The van der Waals surface area contributed by atoms with Crippen LogP contribution in [0.15, 0.2) is 18.2 Å². The summed E-state index contributed by atoms with van der Waals surface area (Å²) in [4.78, 5) is 26.8. The van der Waals surface area contributed by atoms with Gasteiger partial charge in [-0.05, 0) is 62.6 Å². The van der Waals surface area contributed by atoms with Gasteiger partial charge in [0.05, 0.1) is 12.8 Å². The van der Waals surface area contributed by atoms with E-state index in [2.05, 4.69) is 17.6 Å². The lowest BCUT2D eigenvalue weighted by molar-refractivity contribution is 0.0793. The molecule has 0 atom stereocenters. The number of hydrogen-bond donors (Lipinski definition) is 2. The monoisotopic (exact) mass is 359 g/mol. The van der Waals surface area contributed by atoms with Crippen LogP contribution in [0.25, 0.3) is 0 Å². The summed E-state index contributed by atoms with van der Waals surface area (Å²) in [7, 11) is 1.56. The molecule has 26 heavy (non-hydrogen) atoms. The SMILES string of the molecule is COc1ccc(C(=O)N2CCCC2)cc1NC(=O)NC1CCC(C)CC1. The largest absolute Gasteiger partial charge is 0.495 e. The van der Waals surface area contributed by atoms with Gasteiger partial charge < -0.3 is 20.3 Å². The van der Waals surface area contributed by atoms with Crippen LogP contribution in [0.2, 0.25) is 0 Å². The van der Waals surface area contributed by atoms with Crippen molar-refractivity contribution in [3.05, 3.63) is 23.8 Å². The van der Waals surface area contributed by atoms with Crippen LogP contribution in [0.3, 0.4) is 0 Å². The molecule has 0 bridgehead atoms. The first-order chi connectivity index (χ1) is 12.6. The maximum atomic E-state index is 12.6. The maximum absolute atomic E-state index is 12.6. The molecular weight excluding hydrogens is 330 g/mol. The quantitative estimate of drug-likeness (QED) is 0.862. The second kappa shape index (κ2) is 8.43. The van der Waals surface area contributed by atoms with Crippen LogP contribution in [0.4, 0.5) is 10.5 Å². The number of nitrogens with zero attached hydrogens (tertiary/aromatic N) is 1. The van der Waals surface area contributed by atoms with Gasteiger partial charge in [-0.3, -0.25) is 4.79 Å². The molecule has 142 valence electrons. The Morgan fingerprint density at radius 2 is 1.81 bits per heavy atom. The normalized spacial score (nSPS) is 22.8. The van der Waals surface area contributed by atoms with Crippen LogP contribution in [-0.2, 0) is 0 Å². The number of benzene rings is 1. The van der Waals surface area contributed by atoms with Gasteiger partial charge in [-0.15, -0.1) is 0 Å². The second-order valence-corrected chi connectivity index (χ2v) is 7.47. The molecular formula is C20H29N3O3. The zero-order valence-electron chi connectivity index (χ0n) is 15.7. The summed E-state index contributed by atoms with van der Waals surface area (Å²) in [5.74, 6) is 1.30. The number of ether oxygens (including phenoxy) is 1. The molecule has 6 nitrogen and oxygen atoms in total. The first-order valence-corrected chi connectivity index (χ1v) is 9.61. The minimum absolute atomic E-state index is 0.00915. The van der Waals surface area contributed by atoms with Gasteiger partial charge in [0.2, 0.25) is 0 Å². The molecule has 1 aliphatic carbocycles. The third kappa shape index (κ3) is 4.48. The van der Waals surface area contributed by atoms with Crippen molar-refractivity contribution in [1.29, 1.82) is 0 Å². The summed E-state index contributed by atoms with van der Waals surface area (Å²) >= 11 is 0. The first-order valence-electron chi connectivity index (χ1n) is 9.61. The second-order valence-electron chi connectivity index (χ2n) is 7.47. The van der Waals surface area contributed by atoms with Gasteiger partial charge in [0.1, 0.15) is 5.75 Å². The van der Waals surface area contributed by atoms with Crippen LogP contribution >= 0.6 is 0 Å². The minimum Gasteiger partial charge on any atom is -0.495 e. The summed E-state index contributed by atoms with van der Waals surface area (Å²) in [6.07, 6.45) is 6.42. The number of rotatable bonds is 4. The number of nitrogens with one attached hydrogen (secondary N) is 2. The Morgan fingerprint density at radius 3 is 2.46 bits per heavy atom. The number of urea groups is 1. The van der Waals surface area contributed by atoms with Gasteiger partial charge in [-0.1, -0.05) is 6.92 Å². The van der Waals surface area contributed by atoms with Crippen LogP contribution in [0, 0.1) is 5.92 Å². The highest BCUT2D eigenvalue weighted by Crippen LogP contribution is 2.27. The van der Waals surface area contributed by atoms with Gasteiger partial charge in [-0.25, -0.2) is 4.79 Å². The Labute approximate surface area is 155 Å². The van der Waals surface area contributed by atoms with E-state index < -0.39 is 0 Å². The summed E-state index contributed by atoms with van der Waals surface area (Å²) in [6.45, 7) is 3.85. The van der Waals surface area contributed by atoms with Gasteiger partial charge in [0.15, 0.2) is 0 Å². The van der Waals surface area contributed by atoms with E-state index >= 15 is 0 Å². The number of anilines is 1. The van der Waals surface area contributed by atoms with E-state index in [1.54, 1.807) is 25.3 Å². The lowest BCUT2D eigenvalue weighted by atomic mass is 9.87. The van der Waals surface area contributed by atoms with Crippen LogP contribution in [-0.4, -0.2) is 43.1 Å². The van der Waals surface area contributed by atoms with Gasteiger partial charge in [-0.2, -0.15) is 0 Å². The zero-order chi connectivity index (χ0) is 18.5. The summed E-state index contributed by atoms with van der Waals surface area (Å²) in [5.41, 5.74) is 1.11. The molecule has 1 saturated carbocycles. The molecule has 3 amide bonds. The average molecular weight is 359 g/mol. The molecule has 1 saturated heterocycles. The maximum Gasteiger partial charge on any atom is 0.319 e. The minimum atomic E-state index is -0.242. The number of likely N-dealkylation sites (tertiary alicyclic amines) is 1. The van der Waals surface area contributed by atoms with Crippen molar-refractivity contribution in [1.82, 2.24) is 10.2 Å². The Hall–Kier alpha value is -2.24. The van der Waals surface area contributed by atoms with Crippen molar-refractivity contribution in [2.24, 2.45) is 5.92 Å². The predicted octanol–water partition coefficient (Wildman–Crippen LogP) is 3.63. The fraction of sp³-hybridized carbons (Fsp3) is 0.600. The van der Waals surface area contributed by atoms with Crippen LogP contribution < -0.4 is 15.4 Å².